The number of carbonyl (C=O) groups is 1. The maximum Gasteiger partial charge on any atom is 0.317 e. The van der Waals surface area contributed by atoms with Gasteiger partial charge < -0.3 is 5.11 Å². The summed E-state index contributed by atoms with van der Waals surface area (Å²) in [6, 6.07) is 13.6. The van der Waals surface area contributed by atoms with Crippen LogP contribution in [0.5, 0.6) is 0 Å². The van der Waals surface area contributed by atoms with Crippen LogP contribution in [0.4, 0.5) is 0 Å². The van der Waals surface area contributed by atoms with E-state index in [4.69, 9.17) is 11.6 Å². The SMILES string of the molecule is Cc1ccc(SC(Cc2ccc(C)c(Cl)c2)C(=O)O)cc1. The lowest BCUT2D eigenvalue weighted by Crippen LogP contribution is -2.19. The fourth-order valence-corrected chi connectivity index (χ4v) is 3.14. The van der Waals surface area contributed by atoms with E-state index in [9.17, 15) is 9.90 Å². The molecular formula is C17H17ClO2S. The molecule has 1 N–H and O–H groups in total. The van der Waals surface area contributed by atoms with Gasteiger partial charge in [-0.2, -0.15) is 0 Å². The molecule has 0 saturated heterocycles. The van der Waals surface area contributed by atoms with Crippen molar-refractivity contribution >= 4 is 29.3 Å². The van der Waals surface area contributed by atoms with Crippen LogP contribution in [-0.4, -0.2) is 16.3 Å². The van der Waals surface area contributed by atoms with E-state index >= 15 is 0 Å². The van der Waals surface area contributed by atoms with Crippen molar-refractivity contribution in [2.24, 2.45) is 0 Å². The summed E-state index contributed by atoms with van der Waals surface area (Å²) in [5.74, 6) is -0.808. The highest BCUT2D eigenvalue weighted by molar-refractivity contribution is 8.00. The second-order valence-electron chi connectivity index (χ2n) is 5.05. The number of carboxylic acids is 1. The highest BCUT2D eigenvalue weighted by Crippen LogP contribution is 2.27. The number of thioether (sulfide) groups is 1. The molecule has 2 aromatic carbocycles. The minimum absolute atomic E-state index is 0.452. The van der Waals surface area contributed by atoms with Crippen molar-refractivity contribution in [3.05, 3.63) is 64.2 Å². The van der Waals surface area contributed by atoms with E-state index in [0.29, 0.717) is 11.4 Å². The minimum atomic E-state index is -0.808. The van der Waals surface area contributed by atoms with Crippen LogP contribution in [0.15, 0.2) is 47.4 Å². The van der Waals surface area contributed by atoms with Crippen LogP contribution in [0, 0.1) is 13.8 Å². The van der Waals surface area contributed by atoms with E-state index in [2.05, 4.69) is 0 Å². The number of aryl methyl sites for hydroxylation is 2. The lowest BCUT2D eigenvalue weighted by Gasteiger charge is -2.13. The lowest BCUT2D eigenvalue weighted by atomic mass is 10.1. The van der Waals surface area contributed by atoms with Crippen molar-refractivity contribution in [1.29, 1.82) is 0 Å². The van der Waals surface area contributed by atoms with E-state index in [1.807, 2.05) is 56.3 Å². The second kappa shape index (κ2) is 7.01. The molecule has 0 amide bonds. The van der Waals surface area contributed by atoms with E-state index < -0.39 is 11.2 Å². The summed E-state index contributed by atoms with van der Waals surface area (Å²) >= 11 is 7.47. The van der Waals surface area contributed by atoms with Crippen LogP contribution in [0.25, 0.3) is 0 Å². The van der Waals surface area contributed by atoms with Gasteiger partial charge in [0.15, 0.2) is 0 Å². The molecule has 0 spiro atoms. The summed E-state index contributed by atoms with van der Waals surface area (Å²) in [7, 11) is 0. The van der Waals surface area contributed by atoms with E-state index in [1.165, 1.54) is 11.8 Å². The topological polar surface area (TPSA) is 37.3 Å². The number of carboxylic acid groups (broad SMARTS) is 1. The Balaban J connectivity index is 2.13. The summed E-state index contributed by atoms with van der Waals surface area (Å²) in [6.45, 7) is 3.94. The van der Waals surface area contributed by atoms with Gasteiger partial charge in [0.05, 0.1) is 0 Å². The van der Waals surface area contributed by atoms with Crippen molar-refractivity contribution in [2.75, 3.05) is 0 Å². The third-order valence-electron chi connectivity index (χ3n) is 3.23. The van der Waals surface area contributed by atoms with E-state index in [1.54, 1.807) is 0 Å². The van der Waals surface area contributed by atoms with Crippen LogP contribution >= 0.6 is 23.4 Å². The van der Waals surface area contributed by atoms with Crippen LogP contribution in [-0.2, 0) is 11.2 Å². The molecule has 1 unspecified atom stereocenters. The number of rotatable bonds is 5. The number of hydrogen-bond donors (Lipinski definition) is 1. The number of halogens is 1. The molecule has 0 saturated carbocycles. The molecule has 0 aliphatic carbocycles. The van der Waals surface area contributed by atoms with Crippen molar-refractivity contribution in [3.63, 3.8) is 0 Å². The van der Waals surface area contributed by atoms with Crippen LogP contribution in [0.3, 0.4) is 0 Å². The zero-order valence-electron chi connectivity index (χ0n) is 12.0. The summed E-state index contributed by atoms with van der Waals surface area (Å²) in [5.41, 5.74) is 3.10. The van der Waals surface area contributed by atoms with Gasteiger partial charge >= 0.3 is 5.97 Å². The Morgan fingerprint density at radius 1 is 1.19 bits per heavy atom. The minimum Gasteiger partial charge on any atom is -0.480 e. The first-order valence-corrected chi connectivity index (χ1v) is 7.92. The first-order chi connectivity index (χ1) is 9.95. The fraction of sp³-hybridized carbons (Fsp3) is 0.235. The van der Waals surface area contributed by atoms with Gasteiger partial charge in [0, 0.05) is 9.92 Å². The lowest BCUT2D eigenvalue weighted by molar-refractivity contribution is -0.136. The van der Waals surface area contributed by atoms with Gasteiger partial charge in [-0.25, -0.2) is 0 Å². The van der Waals surface area contributed by atoms with Crippen LogP contribution in [0.2, 0.25) is 5.02 Å². The molecular weight excluding hydrogens is 304 g/mol. The van der Waals surface area contributed by atoms with E-state index in [0.717, 1.165) is 21.6 Å². The number of hydrogen-bond acceptors (Lipinski definition) is 2. The highest BCUT2D eigenvalue weighted by atomic mass is 35.5. The van der Waals surface area contributed by atoms with Crippen LogP contribution < -0.4 is 0 Å². The zero-order valence-corrected chi connectivity index (χ0v) is 13.5. The Morgan fingerprint density at radius 2 is 1.86 bits per heavy atom. The van der Waals surface area contributed by atoms with Gasteiger partial charge in [0.25, 0.3) is 0 Å². The molecule has 2 rings (SSSR count). The normalized spacial score (nSPS) is 12.1. The molecule has 0 aliphatic rings. The second-order valence-corrected chi connectivity index (χ2v) is 6.73. The maximum absolute atomic E-state index is 11.5. The van der Waals surface area contributed by atoms with Gasteiger partial charge in [-0.05, 0) is 49.6 Å². The third kappa shape index (κ3) is 4.51. The molecule has 0 bridgehead atoms. The standard InChI is InChI=1S/C17H17ClO2S/c1-11-3-7-14(8-4-11)21-16(17(19)20)10-13-6-5-12(2)15(18)9-13/h3-9,16H,10H2,1-2H3,(H,19,20). The fourth-order valence-electron chi connectivity index (χ4n) is 1.94. The summed E-state index contributed by atoms with van der Waals surface area (Å²) in [6.07, 6.45) is 0.452. The Labute approximate surface area is 134 Å². The van der Waals surface area contributed by atoms with Gasteiger partial charge in [-0.1, -0.05) is 41.4 Å². The maximum atomic E-state index is 11.5. The van der Waals surface area contributed by atoms with Crippen molar-refractivity contribution in [3.8, 4) is 0 Å². The molecule has 0 aromatic heterocycles. The molecule has 0 radical (unpaired) electrons. The predicted molar refractivity (Wildman–Crippen MR) is 88.4 cm³/mol. The van der Waals surface area contributed by atoms with Gasteiger partial charge in [-0.15, -0.1) is 11.8 Å². The molecule has 1 atom stereocenters. The largest absolute Gasteiger partial charge is 0.480 e. The third-order valence-corrected chi connectivity index (χ3v) is 4.84. The van der Waals surface area contributed by atoms with Crippen molar-refractivity contribution in [2.45, 2.75) is 30.4 Å². The molecule has 0 fully saturated rings. The molecule has 0 aliphatic heterocycles. The first-order valence-electron chi connectivity index (χ1n) is 6.67. The molecule has 2 aromatic rings. The Kier molecular flexibility index (Phi) is 5.32. The van der Waals surface area contributed by atoms with Crippen LogP contribution in [0.1, 0.15) is 16.7 Å². The van der Waals surface area contributed by atoms with E-state index in [-0.39, 0.29) is 0 Å². The average Bonchev–Trinajstić information content (AvgIpc) is 2.44. The first kappa shape index (κ1) is 15.9. The quantitative estimate of drug-likeness (QED) is 0.808. The highest BCUT2D eigenvalue weighted by Gasteiger charge is 2.19. The zero-order chi connectivity index (χ0) is 15.4. The average molecular weight is 321 g/mol. The molecule has 0 heterocycles. The summed E-state index contributed by atoms with van der Waals surface area (Å²) < 4.78 is 0. The Hall–Kier alpha value is -1.45. The Bertz CT molecular complexity index is 638. The summed E-state index contributed by atoms with van der Waals surface area (Å²) in [4.78, 5) is 12.4. The number of benzene rings is 2. The molecule has 21 heavy (non-hydrogen) atoms. The predicted octanol–water partition coefficient (Wildman–Crippen LogP) is 4.74. The number of aliphatic carboxylic acids is 1. The van der Waals surface area contributed by atoms with Gasteiger partial charge in [0.2, 0.25) is 0 Å². The Morgan fingerprint density at radius 3 is 2.43 bits per heavy atom. The summed E-state index contributed by atoms with van der Waals surface area (Å²) in [5, 5.41) is 9.58. The van der Waals surface area contributed by atoms with Crippen molar-refractivity contribution < 1.29 is 9.90 Å². The molecule has 2 nitrogen and oxygen atoms in total. The van der Waals surface area contributed by atoms with Crippen molar-refractivity contribution in [1.82, 2.24) is 0 Å². The van der Waals surface area contributed by atoms with Gasteiger partial charge in [-0.3, -0.25) is 4.79 Å². The van der Waals surface area contributed by atoms with Gasteiger partial charge in [0.1, 0.15) is 5.25 Å². The smallest absolute Gasteiger partial charge is 0.317 e. The molecule has 4 heteroatoms. The monoisotopic (exact) mass is 320 g/mol. The molecule has 110 valence electrons.